The third-order valence-electron chi connectivity index (χ3n) is 12.1. The third-order valence-corrected chi connectivity index (χ3v) is 12.1. The first-order valence-electron chi connectivity index (χ1n) is 22.2. The molecule has 0 spiro atoms. The molecule has 2 bridgehead atoms. The van der Waals surface area contributed by atoms with Crippen molar-refractivity contribution >= 4 is 11.9 Å². The standard InChI is InChI=1S/C44H80O5/c1-3-5-7-9-11-13-15-17-19-21-23-25-27-29-31-35-47-43(45)39-37-33-34-38(42-41(37)49-42)40(39)44(46)48-36-32-30-28-26-24-22-20-18-16-14-12-10-8-6-4-2/h37-42H,3-36H2,1-2H3. The van der Waals surface area contributed by atoms with Crippen LogP contribution in [-0.4, -0.2) is 37.4 Å². The highest BCUT2D eigenvalue weighted by Gasteiger charge is 2.67. The van der Waals surface area contributed by atoms with Crippen molar-refractivity contribution in [3.8, 4) is 0 Å². The van der Waals surface area contributed by atoms with E-state index in [1.807, 2.05) is 0 Å². The van der Waals surface area contributed by atoms with Gasteiger partial charge in [0.1, 0.15) is 0 Å². The van der Waals surface area contributed by atoms with E-state index in [0.29, 0.717) is 13.2 Å². The molecule has 6 unspecified atom stereocenters. The topological polar surface area (TPSA) is 65.1 Å². The highest BCUT2D eigenvalue weighted by atomic mass is 16.6. The van der Waals surface area contributed by atoms with Crippen LogP contribution in [0.4, 0.5) is 0 Å². The lowest BCUT2D eigenvalue weighted by Crippen LogP contribution is -2.52. The molecule has 0 aromatic carbocycles. The van der Waals surface area contributed by atoms with Crippen molar-refractivity contribution in [2.45, 2.75) is 232 Å². The van der Waals surface area contributed by atoms with E-state index in [1.165, 1.54) is 167 Å². The van der Waals surface area contributed by atoms with Crippen LogP contribution in [0.25, 0.3) is 0 Å². The summed E-state index contributed by atoms with van der Waals surface area (Å²) in [6, 6.07) is 0. The predicted octanol–water partition coefficient (Wildman–Crippen LogP) is 12.9. The molecule has 6 atom stereocenters. The Labute approximate surface area is 303 Å². The van der Waals surface area contributed by atoms with Crippen molar-refractivity contribution < 1.29 is 23.8 Å². The highest BCUT2D eigenvalue weighted by molar-refractivity contribution is 5.83. The lowest BCUT2D eigenvalue weighted by atomic mass is 9.58. The Balaban J connectivity index is 1.17. The largest absolute Gasteiger partial charge is 0.465 e. The zero-order valence-electron chi connectivity index (χ0n) is 32.5. The summed E-state index contributed by atoms with van der Waals surface area (Å²) in [5, 5.41) is 0. The van der Waals surface area contributed by atoms with Gasteiger partial charge in [-0.2, -0.15) is 0 Å². The SMILES string of the molecule is CCCCCCCCCCCCCCCCCOC(=O)C1C2CCC(C3OC23)C1C(=O)OCCCCCCCCCCCCCCCCC. The third kappa shape index (κ3) is 17.3. The number of fused-ring (bicyclic) bond motifs is 2. The molecule has 0 aromatic rings. The average molecular weight is 689 g/mol. The van der Waals surface area contributed by atoms with Gasteiger partial charge in [0.15, 0.2) is 0 Å². The van der Waals surface area contributed by atoms with E-state index in [-0.39, 0.29) is 47.8 Å². The molecular formula is C44H80O5. The van der Waals surface area contributed by atoms with Gasteiger partial charge in [-0.15, -0.1) is 0 Å². The first-order valence-corrected chi connectivity index (χ1v) is 22.2. The molecule has 0 aromatic heterocycles. The van der Waals surface area contributed by atoms with Gasteiger partial charge in [0.2, 0.25) is 0 Å². The fourth-order valence-corrected chi connectivity index (χ4v) is 8.97. The lowest BCUT2D eigenvalue weighted by molar-refractivity contribution is -0.171. The van der Waals surface area contributed by atoms with Crippen LogP contribution in [-0.2, 0) is 23.8 Å². The molecule has 0 radical (unpaired) electrons. The Bertz CT molecular complexity index is 762. The molecule has 49 heavy (non-hydrogen) atoms. The van der Waals surface area contributed by atoms with Crippen LogP contribution in [0.1, 0.15) is 219 Å². The Kier molecular flexibility index (Phi) is 23.8. The molecule has 4 fully saturated rings. The van der Waals surface area contributed by atoms with Crippen LogP contribution in [0.5, 0.6) is 0 Å². The summed E-state index contributed by atoms with van der Waals surface area (Å²) >= 11 is 0. The molecule has 3 saturated carbocycles. The Hall–Kier alpha value is -1.10. The van der Waals surface area contributed by atoms with Gasteiger partial charge in [-0.25, -0.2) is 0 Å². The number of carbonyl (C=O) groups excluding carboxylic acids is 2. The fraction of sp³-hybridized carbons (Fsp3) is 0.955. The number of epoxide rings is 1. The number of ether oxygens (including phenoxy) is 3. The number of unbranched alkanes of at least 4 members (excludes halogenated alkanes) is 28. The molecule has 5 heteroatoms. The van der Waals surface area contributed by atoms with Gasteiger partial charge in [0.25, 0.3) is 0 Å². The molecular weight excluding hydrogens is 608 g/mol. The number of esters is 2. The van der Waals surface area contributed by atoms with Crippen LogP contribution in [0.3, 0.4) is 0 Å². The minimum atomic E-state index is -0.382. The molecule has 0 amide bonds. The van der Waals surface area contributed by atoms with Gasteiger partial charge in [-0.1, -0.05) is 194 Å². The monoisotopic (exact) mass is 689 g/mol. The number of hydrogen-bond acceptors (Lipinski definition) is 5. The van der Waals surface area contributed by atoms with E-state index < -0.39 is 0 Å². The highest BCUT2D eigenvalue weighted by Crippen LogP contribution is 2.58. The fourth-order valence-electron chi connectivity index (χ4n) is 8.97. The number of rotatable bonds is 34. The quantitative estimate of drug-likeness (QED) is 0.0382. The van der Waals surface area contributed by atoms with E-state index in [2.05, 4.69) is 13.8 Å². The van der Waals surface area contributed by atoms with Gasteiger partial charge < -0.3 is 14.2 Å². The Morgan fingerprint density at radius 2 is 0.653 bits per heavy atom. The molecule has 4 aliphatic rings. The van der Waals surface area contributed by atoms with Crippen molar-refractivity contribution in [1.82, 2.24) is 0 Å². The summed E-state index contributed by atoms with van der Waals surface area (Å²) in [7, 11) is 0. The number of carbonyl (C=O) groups is 2. The van der Waals surface area contributed by atoms with Gasteiger partial charge in [-0.3, -0.25) is 9.59 Å². The minimum absolute atomic E-state index is 0.118. The van der Waals surface area contributed by atoms with Crippen molar-refractivity contribution in [1.29, 1.82) is 0 Å². The van der Waals surface area contributed by atoms with E-state index in [0.717, 1.165) is 38.5 Å². The van der Waals surface area contributed by atoms with Crippen molar-refractivity contribution in [3.05, 3.63) is 0 Å². The van der Waals surface area contributed by atoms with Gasteiger partial charge in [-0.05, 0) is 25.7 Å². The summed E-state index contributed by atoms with van der Waals surface area (Å²) < 4.78 is 17.6. The van der Waals surface area contributed by atoms with Crippen molar-refractivity contribution in [2.75, 3.05) is 13.2 Å². The van der Waals surface area contributed by atoms with Crippen LogP contribution in [0.15, 0.2) is 0 Å². The zero-order valence-corrected chi connectivity index (χ0v) is 32.5. The maximum absolute atomic E-state index is 13.4. The molecule has 4 rings (SSSR count). The first-order chi connectivity index (χ1) is 24.2. The minimum Gasteiger partial charge on any atom is -0.465 e. The second kappa shape index (κ2) is 27.5. The van der Waals surface area contributed by atoms with Crippen LogP contribution >= 0.6 is 0 Å². The first kappa shape index (κ1) is 42.3. The lowest BCUT2D eigenvalue weighted by Gasteiger charge is -2.43. The summed E-state index contributed by atoms with van der Waals surface area (Å²) in [5.41, 5.74) is 0. The number of hydrogen-bond donors (Lipinski definition) is 0. The van der Waals surface area contributed by atoms with E-state index >= 15 is 0 Å². The molecule has 1 saturated heterocycles. The van der Waals surface area contributed by atoms with Gasteiger partial charge in [0, 0.05) is 11.8 Å². The zero-order chi connectivity index (χ0) is 34.8. The maximum atomic E-state index is 13.4. The van der Waals surface area contributed by atoms with E-state index in [9.17, 15) is 9.59 Å². The van der Waals surface area contributed by atoms with E-state index in [1.54, 1.807) is 0 Å². The molecule has 5 nitrogen and oxygen atoms in total. The summed E-state index contributed by atoms with van der Waals surface area (Å²) in [6.45, 7) is 5.51. The molecule has 3 aliphatic carbocycles. The van der Waals surface area contributed by atoms with Crippen molar-refractivity contribution in [3.63, 3.8) is 0 Å². The predicted molar refractivity (Wildman–Crippen MR) is 204 cm³/mol. The summed E-state index contributed by atoms with van der Waals surface area (Å²) in [6.07, 6.45) is 41.9. The second-order valence-corrected chi connectivity index (χ2v) is 16.3. The van der Waals surface area contributed by atoms with Crippen LogP contribution in [0, 0.1) is 23.7 Å². The normalized spacial score (nSPS) is 23.8. The van der Waals surface area contributed by atoms with Crippen LogP contribution in [0.2, 0.25) is 0 Å². The smallest absolute Gasteiger partial charge is 0.310 e. The second-order valence-electron chi connectivity index (χ2n) is 16.3. The molecule has 1 heterocycles. The molecule has 0 N–H and O–H groups in total. The molecule has 1 aliphatic heterocycles. The Morgan fingerprint density at radius 3 is 0.918 bits per heavy atom. The Morgan fingerprint density at radius 1 is 0.408 bits per heavy atom. The maximum Gasteiger partial charge on any atom is 0.310 e. The van der Waals surface area contributed by atoms with Crippen molar-refractivity contribution in [2.24, 2.45) is 23.7 Å². The van der Waals surface area contributed by atoms with Gasteiger partial charge >= 0.3 is 11.9 Å². The average Bonchev–Trinajstić information content (AvgIpc) is 3.94. The summed E-state index contributed by atoms with van der Waals surface area (Å²) in [5.74, 6) is -0.885. The molecule has 286 valence electrons. The van der Waals surface area contributed by atoms with Crippen LogP contribution < -0.4 is 0 Å². The summed E-state index contributed by atoms with van der Waals surface area (Å²) in [4.78, 5) is 26.7. The van der Waals surface area contributed by atoms with E-state index in [4.69, 9.17) is 14.2 Å². The van der Waals surface area contributed by atoms with Gasteiger partial charge in [0.05, 0.1) is 37.3 Å².